The number of rotatable bonds is 2. The number of nitrogens with zero attached hydrogens (tertiary/aromatic N) is 2. The second kappa shape index (κ2) is 6.24. The van der Waals surface area contributed by atoms with E-state index in [0.29, 0.717) is 0 Å². The van der Waals surface area contributed by atoms with E-state index in [1.54, 1.807) is 6.92 Å². The zero-order chi connectivity index (χ0) is 17.5. The minimum atomic E-state index is -2.85. The first-order valence-electron chi connectivity index (χ1n) is 8.00. The Labute approximate surface area is 144 Å². The average molecular weight is 350 g/mol. The highest BCUT2D eigenvalue weighted by Gasteiger charge is 2.45. The number of hydrogen-bond donors (Lipinski definition) is 0. The Balaban J connectivity index is 1.99. The Morgan fingerprint density at radius 3 is 2.62 bits per heavy atom. The summed E-state index contributed by atoms with van der Waals surface area (Å²) in [5.41, 5.74) is 1.16. The van der Waals surface area contributed by atoms with Crippen molar-refractivity contribution in [3.05, 3.63) is 41.0 Å². The predicted octanol–water partition coefficient (Wildman–Crippen LogP) is 4.62. The predicted molar refractivity (Wildman–Crippen MR) is 91.5 cm³/mol. The molecule has 1 saturated heterocycles. The molecule has 1 aromatic heterocycles. The Morgan fingerprint density at radius 1 is 1.29 bits per heavy atom. The van der Waals surface area contributed by atoms with E-state index in [-0.39, 0.29) is 24.1 Å². The zero-order valence-electron chi connectivity index (χ0n) is 13.9. The molecule has 3 rings (SSSR count). The van der Waals surface area contributed by atoms with Crippen LogP contribution in [0.3, 0.4) is 0 Å². The van der Waals surface area contributed by atoms with Gasteiger partial charge in [0.05, 0.1) is 16.4 Å². The first-order valence-corrected chi connectivity index (χ1v) is 8.82. The summed E-state index contributed by atoms with van der Waals surface area (Å²) in [5.74, 6) is -3.51. The van der Waals surface area contributed by atoms with Gasteiger partial charge in [-0.25, -0.2) is 13.8 Å². The molecule has 1 fully saturated rings. The van der Waals surface area contributed by atoms with Crippen LogP contribution in [0.4, 0.5) is 8.78 Å². The number of amides is 1. The van der Waals surface area contributed by atoms with Gasteiger partial charge < -0.3 is 4.90 Å². The molecule has 0 aliphatic carbocycles. The van der Waals surface area contributed by atoms with Crippen LogP contribution in [0.25, 0.3) is 10.4 Å². The highest BCUT2D eigenvalue weighted by molar-refractivity contribution is 7.15. The molecule has 0 N–H and O–H groups in total. The molecule has 0 spiro atoms. The van der Waals surface area contributed by atoms with Crippen molar-refractivity contribution in [1.82, 2.24) is 9.88 Å². The van der Waals surface area contributed by atoms with Gasteiger partial charge in [-0.05, 0) is 25.3 Å². The molecule has 2 aromatic rings. The number of hydrogen-bond acceptors (Lipinski definition) is 3. The van der Waals surface area contributed by atoms with Crippen LogP contribution in [0.15, 0.2) is 30.3 Å². The van der Waals surface area contributed by atoms with Crippen LogP contribution in [-0.4, -0.2) is 34.3 Å². The first kappa shape index (κ1) is 17.0. The molecular formula is C18H20F2N2OS. The molecule has 3 nitrogen and oxygen atoms in total. The summed E-state index contributed by atoms with van der Waals surface area (Å²) in [5, 5.41) is 0.752. The summed E-state index contributed by atoms with van der Waals surface area (Å²) < 4.78 is 27.9. The number of thiazole rings is 1. The topological polar surface area (TPSA) is 33.2 Å². The molecule has 1 amide bonds. The summed E-state index contributed by atoms with van der Waals surface area (Å²) >= 11 is 1.42. The second-order valence-corrected chi connectivity index (χ2v) is 7.69. The van der Waals surface area contributed by atoms with E-state index in [4.69, 9.17) is 0 Å². The summed E-state index contributed by atoms with van der Waals surface area (Å²) in [4.78, 5) is 19.4. The fraction of sp³-hybridized carbons (Fsp3) is 0.444. The van der Waals surface area contributed by atoms with Crippen LogP contribution in [0.2, 0.25) is 0 Å². The Bertz CT molecular complexity index is 745. The van der Waals surface area contributed by atoms with Crippen molar-refractivity contribution in [2.24, 2.45) is 5.92 Å². The second-order valence-electron chi connectivity index (χ2n) is 6.49. The molecule has 0 radical (unpaired) electrons. The van der Waals surface area contributed by atoms with Crippen molar-refractivity contribution in [2.75, 3.05) is 6.54 Å². The molecule has 1 aromatic carbocycles. The Morgan fingerprint density at radius 2 is 1.96 bits per heavy atom. The fourth-order valence-electron chi connectivity index (χ4n) is 3.16. The number of carbonyl (C=O) groups is 1. The maximum atomic E-state index is 14.0. The molecule has 6 heteroatoms. The number of carbonyl (C=O) groups excluding carboxylic acids is 1. The molecule has 1 aliphatic rings. The molecule has 128 valence electrons. The van der Waals surface area contributed by atoms with Crippen molar-refractivity contribution >= 4 is 17.2 Å². The minimum absolute atomic E-state index is 0.181. The molecule has 2 heterocycles. The van der Waals surface area contributed by atoms with Crippen molar-refractivity contribution in [3.8, 4) is 10.4 Å². The monoisotopic (exact) mass is 350 g/mol. The van der Waals surface area contributed by atoms with Gasteiger partial charge in [0.25, 0.3) is 11.8 Å². The quantitative estimate of drug-likeness (QED) is 0.791. The van der Waals surface area contributed by atoms with Crippen molar-refractivity contribution in [3.63, 3.8) is 0 Å². The van der Waals surface area contributed by atoms with Crippen LogP contribution >= 0.6 is 11.3 Å². The normalized spacial score (nSPS) is 23.3. The number of likely N-dealkylation sites (tertiary alicyclic amines) is 1. The number of aryl methyl sites for hydroxylation is 1. The lowest BCUT2D eigenvalue weighted by atomic mass is 9.89. The lowest BCUT2D eigenvalue weighted by Crippen LogP contribution is -2.54. The van der Waals surface area contributed by atoms with Crippen LogP contribution in [-0.2, 0) is 0 Å². The lowest BCUT2D eigenvalue weighted by Gasteiger charge is -2.41. The van der Waals surface area contributed by atoms with Crippen LogP contribution < -0.4 is 0 Å². The van der Waals surface area contributed by atoms with E-state index >= 15 is 0 Å². The SMILES string of the molecule is Cc1nc(C(=O)N2CC(F)(F)CC(C)C2C)c(-c2ccccc2)s1. The molecule has 1 aliphatic heterocycles. The summed E-state index contributed by atoms with van der Waals surface area (Å²) in [6, 6.07) is 9.24. The summed E-state index contributed by atoms with van der Waals surface area (Å²) in [7, 11) is 0. The van der Waals surface area contributed by atoms with E-state index in [9.17, 15) is 13.6 Å². The molecular weight excluding hydrogens is 330 g/mol. The molecule has 2 atom stereocenters. The molecule has 0 bridgehead atoms. The van der Waals surface area contributed by atoms with Crippen LogP contribution in [0, 0.1) is 12.8 Å². The van der Waals surface area contributed by atoms with Crippen LogP contribution in [0.1, 0.15) is 35.8 Å². The number of aromatic nitrogens is 1. The van der Waals surface area contributed by atoms with Crippen LogP contribution in [0.5, 0.6) is 0 Å². The summed E-state index contributed by atoms with van der Waals surface area (Å²) in [6.45, 7) is 4.88. The van der Waals surface area contributed by atoms with Gasteiger partial charge in [0.15, 0.2) is 0 Å². The van der Waals surface area contributed by atoms with Gasteiger partial charge >= 0.3 is 0 Å². The van der Waals surface area contributed by atoms with Gasteiger partial charge in [0.2, 0.25) is 0 Å². The largest absolute Gasteiger partial charge is 0.328 e. The average Bonchev–Trinajstić information content (AvgIpc) is 2.92. The van der Waals surface area contributed by atoms with E-state index in [2.05, 4.69) is 4.98 Å². The molecule has 2 unspecified atom stereocenters. The highest BCUT2D eigenvalue weighted by Crippen LogP contribution is 2.37. The lowest BCUT2D eigenvalue weighted by molar-refractivity contribution is -0.0890. The van der Waals surface area contributed by atoms with Gasteiger partial charge in [-0.3, -0.25) is 4.79 Å². The number of benzene rings is 1. The Hall–Kier alpha value is -1.82. The van der Waals surface area contributed by atoms with E-state index in [1.165, 1.54) is 16.2 Å². The third-order valence-electron chi connectivity index (χ3n) is 4.57. The maximum Gasteiger partial charge on any atom is 0.274 e. The van der Waals surface area contributed by atoms with Crippen molar-refractivity contribution < 1.29 is 13.6 Å². The standard InChI is InChI=1S/C18H20F2N2OS/c1-11-9-18(19,20)10-22(12(11)2)17(23)15-16(24-13(3)21-15)14-7-5-4-6-8-14/h4-8,11-12H,9-10H2,1-3H3. The zero-order valence-corrected chi connectivity index (χ0v) is 14.7. The maximum absolute atomic E-state index is 14.0. The third kappa shape index (κ3) is 3.20. The summed E-state index contributed by atoms with van der Waals surface area (Å²) in [6.07, 6.45) is -0.181. The molecule has 0 saturated carbocycles. The fourth-order valence-corrected chi connectivity index (χ4v) is 4.07. The van der Waals surface area contributed by atoms with Gasteiger partial charge in [0.1, 0.15) is 5.69 Å². The van der Waals surface area contributed by atoms with Gasteiger partial charge in [0, 0.05) is 12.5 Å². The van der Waals surface area contributed by atoms with E-state index < -0.39 is 18.4 Å². The van der Waals surface area contributed by atoms with Crippen molar-refractivity contribution in [2.45, 2.75) is 39.2 Å². The van der Waals surface area contributed by atoms with Gasteiger partial charge in [-0.1, -0.05) is 37.3 Å². The number of halogens is 2. The van der Waals surface area contributed by atoms with Gasteiger partial charge in [-0.2, -0.15) is 0 Å². The van der Waals surface area contributed by atoms with Crippen molar-refractivity contribution in [1.29, 1.82) is 0 Å². The third-order valence-corrected chi connectivity index (χ3v) is 5.59. The molecule has 24 heavy (non-hydrogen) atoms. The Kier molecular flexibility index (Phi) is 4.42. The van der Waals surface area contributed by atoms with E-state index in [1.807, 2.05) is 44.2 Å². The number of piperidine rings is 1. The van der Waals surface area contributed by atoms with Gasteiger partial charge in [-0.15, -0.1) is 11.3 Å². The number of alkyl halides is 2. The van der Waals surface area contributed by atoms with E-state index in [0.717, 1.165) is 15.4 Å². The first-order chi connectivity index (χ1) is 11.3. The minimum Gasteiger partial charge on any atom is -0.328 e. The highest BCUT2D eigenvalue weighted by atomic mass is 32.1. The smallest absolute Gasteiger partial charge is 0.274 e.